The van der Waals surface area contributed by atoms with Crippen LogP contribution in [-0.4, -0.2) is 26.0 Å². The maximum absolute atomic E-state index is 12.1. The van der Waals surface area contributed by atoms with Gasteiger partial charge in [0, 0.05) is 23.2 Å². The lowest BCUT2D eigenvalue weighted by molar-refractivity contribution is -0.117. The Morgan fingerprint density at radius 3 is 2.90 bits per heavy atom. The zero-order valence-electron chi connectivity index (χ0n) is 16.1. The van der Waals surface area contributed by atoms with Gasteiger partial charge in [0.2, 0.25) is 5.91 Å². The molecular weight excluding hydrogens is 388 g/mol. The van der Waals surface area contributed by atoms with E-state index in [1.165, 1.54) is 17.7 Å². The van der Waals surface area contributed by atoms with Crippen LogP contribution in [0.4, 0.5) is 5.13 Å². The van der Waals surface area contributed by atoms with Crippen LogP contribution in [0.2, 0.25) is 0 Å². The van der Waals surface area contributed by atoms with Crippen molar-refractivity contribution in [3.63, 3.8) is 0 Å². The summed E-state index contributed by atoms with van der Waals surface area (Å²) in [5, 5.41) is 13.6. The number of aliphatic hydroxyl groups excluding tert-OH is 1. The Labute approximate surface area is 170 Å². The van der Waals surface area contributed by atoms with E-state index in [0.29, 0.717) is 22.8 Å². The Morgan fingerprint density at radius 1 is 1.34 bits per heavy atom. The van der Waals surface area contributed by atoms with Crippen molar-refractivity contribution in [2.24, 2.45) is 5.92 Å². The fourth-order valence-corrected chi connectivity index (χ4v) is 4.40. The van der Waals surface area contributed by atoms with Crippen LogP contribution in [0.25, 0.3) is 32.4 Å². The van der Waals surface area contributed by atoms with E-state index >= 15 is 0 Å². The molecule has 0 unspecified atom stereocenters. The van der Waals surface area contributed by atoms with Gasteiger partial charge in [0.25, 0.3) is 0 Å². The lowest BCUT2D eigenvalue weighted by atomic mass is 9.99. The maximum atomic E-state index is 12.1. The summed E-state index contributed by atoms with van der Waals surface area (Å²) in [6, 6.07) is 3.87. The molecule has 0 radical (unpaired) electrons. The van der Waals surface area contributed by atoms with Crippen LogP contribution in [0.15, 0.2) is 29.1 Å². The minimum Gasteiger partial charge on any atom is -0.442 e. The minimum absolute atomic E-state index is 0.0307. The van der Waals surface area contributed by atoms with Crippen LogP contribution in [0.3, 0.4) is 0 Å². The average molecular weight is 408 g/mol. The van der Waals surface area contributed by atoms with Crippen molar-refractivity contribution in [1.82, 2.24) is 15.0 Å². The first kappa shape index (κ1) is 18.2. The molecule has 1 saturated carbocycles. The number of oxazole rings is 1. The standard InChI is InChI=1S/C21H20N4O3S/c1-3-16(26)14-6-10(2)13(8-22-14)12-7-15-19(18-17(12)23-9-28-18)29-21(24-15)25-20(27)11-4-5-11/h6-9,11,16,26H,3-5H2,1-2H3,(H,24,25,27)/t16-/m1/s1. The highest BCUT2D eigenvalue weighted by Crippen LogP contribution is 2.40. The number of nitrogens with zero attached hydrogens (tertiary/aromatic N) is 3. The van der Waals surface area contributed by atoms with Crippen LogP contribution in [0.1, 0.15) is 43.5 Å². The molecule has 1 fully saturated rings. The van der Waals surface area contributed by atoms with E-state index in [1.807, 2.05) is 26.0 Å². The van der Waals surface area contributed by atoms with E-state index in [2.05, 4.69) is 20.3 Å². The van der Waals surface area contributed by atoms with Gasteiger partial charge in [0.15, 0.2) is 17.1 Å². The Bertz CT molecular complexity index is 1240. The van der Waals surface area contributed by atoms with Gasteiger partial charge in [-0.2, -0.15) is 0 Å². The average Bonchev–Trinajstić information content (AvgIpc) is 3.31. The number of anilines is 1. The quantitative estimate of drug-likeness (QED) is 0.500. The molecule has 8 heteroatoms. The lowest BCUT2D eigenvalue weighted by Crippen LogP contribution is -2.12. The normalized spacial score (nSPS) is 15.1. The summed E-state index contributed by atoms with van der Waals surface area (Å²) in [5.74, 6) is 0.150. The molecule has 1 aliphatic carbocycles. The Balaban J connectivity index is 1.62. The van der Waals surface area contributed by atoms with Gasteiger partial charge in [0.1, 0.15) is 10.2 Å². The largest absolute Gasteiger partial charge is 0.442 e. The summed E-state index contributed by atoms with van der Waals surface area (Å²) in [7, 11) is 0. The smallest absolute Gasteiger partial charge is 0.229 e. The number of hydrogen-bond acceptors (Lipinski definition) is 7. The number of benzene rings is 1. The molecule has 1 atom stereocenters. The number of aryl methyl sites for hydroxylation is 1. The van der Waals surface area contributed by atoms with Gasteiger partial charge < -0.3 is 14.8 Å². The lowest BCUT2D eigenvalue weighted by Gasteiger charge is -2.11. The van der Waals surface area contributed by atoms with Crippen molar-refractivity contribution in [3.05, 3.63) is 36.0 Å². The molecule has 29 heavy (non-hydrogen) atoms. The van der Waals surface area contributed by atoms with E-state index in [9.17, 15) is 9.90 Å². The molecule has 0 aliphatic heterocycles. The molecule has 2 N–H and O–H groups in total. The first-order valence-corrected chi connectivity index (χ1v) is 10.5. The van der Waals surface area contributed by atoms with Gasteiger partial charge in [-0.3, -0.25) is 9.78 Å². The number of nitrogens with one attached hydrogen (secondary N) is 1. The predicted molar refractivity (Wildman–Crippen MR) is 112 cm³/mol. The molecule has 1 aliphatic rings. The summed E-state index contributed by atoms with van der Waals surface area (Å²) in [5.41, 5.74) is 5.56. The van der Waals surface area contributed by atoms with Gasteiger partial charge in [-0.15, -0.1) is 0 Å². The molecule has 7 nitrogen and oxygen atoms in total. The third-order valence-electron chi connectivity index (χ3n) is 5.29. The molecule has 4 aromatic rings. The van der Waals surface area contributed by atoms with Crippen LogP contribution in [-0.2, 0) is 4.79 Å². The molecule has 0 bridgehead atoms. The second kappa shape index (κ2) is 6.89. The van der Waals surface area contributed by atoms with Crippen molar-refractivity contribution >= 4 is 43.7 Å². The summed E-state index contributed by atoms with van der Waals surface area (Å²) in [6.07, 6.45) is 5.12. The highest BCUT2D eigenvalue weighted by atomic mass is 32.1. The molecule has 3 heterocycles. The summed E-state index contributed by atoms with van der Waals surface area (Å²) < 4.78 is 6.53. The summed E-state index contributed by atoms with van der Waals surface area (Å²) >= 11 is 1.40. The monoisotopic (exact) mass is 408 g/mol. The number of thiazole rings is 1. The number of amides is 1. The second-order valence-electron chi connectivity index (χ2n) is 7.43. The number of carbonyl (C=O) groups excluding carboxylic acids is 1. The van der Waals surface area contributed by atoms with Crippen molar-refractivity contribution in [2.45, 2.75) is 39.2 Å². The highest BCUT2D eigenvalue weighted by Gasteiger charge is 2.30. The zero-order valence-corrected chi connectivity index (χ0v) is 16.9. The van der Waals surface area contributed by atoms with Crippen LogP contribution < -0.4 is 5.32 Å². The zero-order chi connectivity index (χ0) is 20.1. The van der Waals surface area contributed by atoms with Gasteiger partial charge >= 0.3 is 0 Å². The first-order chi connectivity index (χ1) is 14.0. The van der Waals surface area contributed by atoms with Crippen LogP contribution in [0, 0.1) is 12.8 Å². The Hall–Kier alpha value is -2.84. The number of pyridine rings is 1. The number of fused-ring (bicyclic) bond motifs is 3. The minimum atomic E-state index is -0.575. The Kier molecular flexibility index (Phi) is 4.33. The number of rotatable bonds is 5. The topological polar surface area (TPSA) is 101 Å². The third kappa shape index (κ3) is 3.18. The fraction of sp³-hybridized carbons (Fsp3) is 0.333. The van der Waals surface area contributed by atoms with E-state index in [4.69, 9.17) is 4.42 Å². The van der Waals surface area contributed by atoms with Gasteiger partial charge in [-0.05, 0) is 43.9 Å². The van der Waals surface area contributed by atoms with Crippen molar-refractivity contribution < 1.29 is 14.3 Å². The van der Waals surface area contributed by atoms with E-state index < -0.39 is 6.10 Å². The molecule has 0 spiro atoms. The molecule has 1 aromatic carbocycles. The number of aliphatic hydroxyl groups is 1. The van der Waals surface area contributed by atoms with Crippen LogP contribution in [0.5, 0.6) is 0 Å². The van der Waals surface area contributed by atoms with E-state index in [-0.39, 0.29) is 11.8 Å². The van der Waals surface area contributed by atoms with E-state index in [0.717, 1.165) is 45.3 Å². The first-order valence-electron chi connectivity index (χ1n) is 9.67. The Morgan fingerprint density at radius 2 is 2.17 bits per heavy atom. The molecule has 0 saturated heterocycles. The van der Waals surface area contributed by atoms with Gasteiger partial charge in [0.05, 0.1) is 17.3 Å². The summed E-state index contributed by atoms with van der Waals surface area (Å²) in [4.78, 5) is 25.6. The molecule has 1 amide bonds. The maximum Gasteiger partial charge on any atom is 0.229 e. The predicted octanol–water partition coefficient (Wildman–Crippen LogP) is 4.60. The van der Waals surface area contributed by atoms with Crippen molar-refractivity contribution in [3.8, 4) is 11.1 Å². The number of carbonyl (C=O) groups is 1. The van der Waals surface area contributed by atoms with Gasteiger partial charge in [-0.25, -0.2) is 9.97 Å². The van der Waals surface area contributed by atoms with Crippen molar-refractivity contribution in [2.75, 3.05) is 5.32 Å². The fourth-order valence-electron chi connectivity index (χ4n) is 3.46. The SMILES string of the molecule is CC[C@@H](O)c1cc(C)c(-c2cc3nc(NC(=O)C4CC4)sc3c3ocnc23)cn1. The highest BCUT2D eigenvalue weighted by molar-refractivity contribution is 7.23. The van der Waals surface area contributed by atoms with Crippen LogP contribution >= 0.6 is 11.3 Å². The second-order valence-corrected chi connectivity index (χ2v) is 8.43. The van der Waals surface area contributed by atoms with E-state index in [1.54, 1.807) is 6.20 Å². The number of aromatic nitrogens is 3. The molecule has 148 valence electrons. The number of hydrogen-bond donors (Lipinski definition) is 2. The summed E-state index contributed by atoms with van der Waals surface area (Å²) in [6.45, 7) is 3.91. The van der Waals surface area contributed by atoms with Gasteiger partial charge in [-0.1, -0.05) is 18.3 Å². The molecule has 5 rings (SSSR count). The van der Waals surface area contributed by atoms with Crippen molar-refractivity contribution in [1.29, 1.82) is 0 Å². The molecule has 3 aromatic heterocycles. The molecular formula is C21H20N4O3S. The third-order valence-corrected chi connectivity index (χ3v) is 6.28.